The van der Waals surface area contributed by atoms with Crippen molar-refractivity contribution in [3.8, 4) is 0 Å². The summed E-state index contributed by atoms with van der Waals surface area (Å²) < 4.78 is 13.1. The molecule has 48 heavy (non-hydrogen) atoms. The molecule has 0 spiro atoms. The second kappa shape index (κ2) is 18.6. The third-order valence-electron chi connectivity index (χ3n) is 9.10. The zero-order chi connectivity index (χ0) is 33.7. The van der Waals surface area contributed by atoms with Crippen molar-refractivity contribution in [3.63, 3.8) is 0 Å². The second-order valence-corrected chi connectivity index (χ2v) is 13.0. The lowest BCUT2D eigenvalue weighted by Crippen LogP contribution is -3.00. The first-order chi connectivity index (χ1) is 22.7. The Kier molecular flexibility index (Phi) is 15.0. The molecule has 0 aliphatic carbocycles. The van der Waals surface area contributed by atoms with Gasteiger partial charge in [-0.15, -0.1) is 0 Å². The van der Waals surface area contributed by atoms with Gasteiger partial charge in [0.05, 0.1) is 31.8 Å². The quantitative estimate of drug-likeness (QED) is 0.0628. The van der Waals surface area contributed by atoms with E-state index in [2.05, 4.69) is 138 Å². The lowest BCUT2D eigenvalue weighted by Gasteiger charge is -2.27. The van der Waals surface area contributed by atoms with E-state index >= 15 is 0 Å². The van der Waals surface area contributed by atoms with Gasteiger partial charge in [0.2, 0.25) is 11.6 Å². The largest absolute Gasteiger partial charge is 1.00 e. The van der Waals surface area contributed by atoms with Gasteiger partial charge >= 0.3 is 0 Å². The van der Waals surface area contributed by atoms with Crippen molar-refractivity contribution in [2.45, 2.75) is 64.2 Å². The van der Waals surface area contributed by atoms with Gasteiger partial charge in [-0.1, -0.05) is 80.0 Å². The molecule has 2 aliphatic rings. The van der Waals surface area contributed by atoms with Gasteiger partial charge in [0.25, 0.3) is 0 Å². The molecule has 2 heterocycles. The van der Waals surface area contributed by atoms with E-state index in [1.807, 2.05) is 0 Å². The zero-order valence-corrected chi connectivity index (χ0v) is 29.9. The number of unbranched alkanes of at least 4 members (excludes halogenated alkanes) is 2. The number of anilines is 1. The number of para-hydroxylation sites is 2. The summed E-state index contributed by atoms with van der Waals surface area (Å²) in [6.07, 6.45) is 14.3. The predicted molar refractivity (Wildman–Crippen MR) is 191 cm³/mol. The maximum atomic E-state index is 12.3. The van der Waals surface area contributed by atoms with Crippen molar-refractivity contribution in [2.24, 2.45) is 5.11 Å². The Morgan fingerprint density at radius 3 is 2.38 bits per heavy atom. The average Bonchev–Trinajstić information content (AvgIpc) is 3.39. The molecule has 0 saturated carbocycles. The van der Waals surface area contributed by atoms with E-state index in [0.29, 0.717) is 45.9 Å². The molecule has 1 N–H and O–H groups in total. The topological polar surface area (TPSA) is 103 Å². The van der Waals surface area contributed by atoms with Crippen molar-refractivity contribution in [3.05, 3.63) is 106 Å². The normalized spacial score (nSPS) is 16.7. The average molecular weight is 675 g/mol. The number of benzene rings is 2. The van der Waals surface area contributed by atoms with Crippen LogP contribution in [0.15, 0.2) is 89.7 Å². The minimum atomic E-state index is -0.102. The Balaban J connectivity index is 0.00000625. The van der Waals surface area contributed by atoms with Crippen molar-refractivity contribution in [2.75, 3.05) is 58.0 Å². The first-order valence-electron chi connectivity index (χ1n) is 16.8. The van der Waals surface area contributed by atoms with Gasteiger partial charge in [0.1, 0.15) is 7.05 Å². The maximum Gasteiger partial charge on any atom is 0.220 e. The van der Waals surface area contributed by atoms with Crippen molar-refractivity contribution in [1.29, 1.82) is 0 Å². The van der Waals surface area contributed by atoms with E-state index in [1.165, 1.54) is 33.9 Å². The number of hydrogen-bond donors (Lipinski definition) is 1. The van der Waals surface area contributed by atoms with Gasteiger partial charge in [0.15, 0.2) is 5.71 Å². The molecule has 0 radical (unpaired) electrons. The Morgan fingerprint density at radius 2 is 1.62 bits per heavy atom. The van der Waals surface area contributed by atoms with E-state index in [-0.39, 0.29) is 29.1 Å². The van der Waals surface area contributed by atoms with Gasteiger partial charge in [-0.25, -0.2) is 0 Å². The zero-order valence-electron chi connectivity index (χ0n) is 29.1. The molecular weight excluding hydrogens is 624 g/mol. The number of nitrogens with one attached hydrogen (secondary N) is 1. The standard InChI is InChI=1S/C38H50N6O3.ClH/c1-37(2)30-16-11-13-18-32(30)43(5)34(37)20-8-6-9-21-35-38(3,4)31-17-12-14-19-33(31)44(35)25-15-7-10-22-36(45)40-23-26-46-28-29-47-27-24-41-42-39;/h6,8-9,11-14,16-21H,7,10,15,22-29H2,1-5H3;1H. The Morgan fingerprint density at radius 1 is 0.917 bits per heavy atom. The first kappa shape index (κ1) is 38.6. The number of allylic oxidation sites excluding steroid dienone is 6. The monoisotopic (exact) mass is 674 g/mol. The highest BCUT2D eigenvalue weighted by molar-refractivity contribution is 6.03. The summed E-state index contributed by atoms with van der Waals surface area (Å²) >= 11 is 0. The van der Waals surface area contributed by atoms with Crippen LogP contribution < -0.4 is 22.6 Å². The van der Waals surface area contributed by atoms with Gasteiger partial charge in [-0.3, -0.25) is 4.79 Å². The fraction of sp³-hybridized carbons (Fsp3) is 0.474. The number of halogens is 1. The van der Waals surface area contributed by atoms with E-state index < -0.39 is 0 Å². The van der Waals surface area contributed by atoms with E-state index in [0.717, 1.165) is 25.8 Å². The molecule has 1 amide bonds. The van der Waals surface area contributed by atoms with Crippen LogP contribution in [-0.2, 0) is 25.1 Å². The first-order valence-corrected chi connectivity index (χ1v) is 16.8. The van der Waals surface area contributed by atoms with Gasteiger partial charge in [-0.2, -0.15) is 4.58 Å². The summed E-state index contributed by atoms with van der Waals surface area (Å²) in [7, 11) is 2.15. The molecule has 9 nitrogen and oxygen atoms in total. The summed E-state index contributed by atoms with van der Waals surface area (Å²) in [6.45, 7) is 12.6. The Labute approximate surface area is 292 Å². The molecular formula is C38H51ClN6O3. The molecule has 0 saturated heterocycles. The molecule has 10 heteroatoms. The number of azide groups is 1. The highest BCUT2D eigenvalue weighted by atomic mass is 35.5. The van der Waals surface area contributed by atoms with Crippen LogP contribution in [0.25, 0.3) is 10.4 Å². The van der Waals surface area contributed by atoms with Crippen LogP contribution in [0, 0.1) is 0 Å². The smallest absolute Gasteiger partial charge is 0.220 e. The third kappa shape index (κ3) is 9.60. The number of rotatable bonds is 18. The van der Waals surface area contributed by atoms with Crippen LogP contribution >= 0.6 is 0 Å². The molecule has 4 rings (SSSR count). The lowest BCUT2D eigenvalue weighted by molar-refractivity contribution is -0.401. The molecule has 0 bridgehead atoms. The summed E-state index contributed by atoms with van der Waals surface area (Å²) in [5.41, 5.74) is 15.9. The summed E-state index contributed by atoms with van der Waals surface area (Å²) in [5, 5.41) is 6.34. The van der Waals surface area contributed by atoms with E-state index in [4.69, 9.17) is 15.0 Å². The van der Waals surface area contributed by atoms with Crippen molar-refractivity contribution >= 4 is 23.0 Å². The number of carbonyl (C=O) groups is 1. The number of fused-ring (bicyclic) bond motifs is 2. The van der Waals surface area contributed by atoms with E-state index in [9.17, 15) is 4.79 Å². The highest BCUT2D eigenvalue weighted by Gasteiger charge is 2.42. The van der Waals surface area contributed by atoms with E-state index in [1.54, 1.807) is 0 Å². The van der Waals surface area contributed by atoms with Gasteiger partial charge < -0.3 is 32.1 Å². The van der Waals surface area contributed by atoms with Crippen LogP contribution in [0.2, 0.25) is 0 Å². The lowest BCUT2D eigenvalue weighted by atomic mass is 9.81. The summed E-state index contributed by atoms with van der Waals surface area (Å²) in [4.78, 5) is 17.4. The highest BCUT2D eigenvalue weighted by Crippen LogP contribution is 2.47. The molecule has 2 aromatic carbocycles. The second-order valence-electron chi connectivity index (χ2n) is 13.0. The van der Waals surface area contributed by atoms with Crippen LogP contribution in [0.3, 0.4) is 0 Å². The number of hydrogen-bond acceptors (Lipinski definition) is 5. The van der Waals surface area contributed by atoms with Crippen LogP contribution in [0.4, 0.5) is 11.4 Å². The number of ether oxygens (including phenoxy) is 2. The summed E-state index contributed by atoms with van der Waals surface area (Å²) in [6, 6.07) is 17.4. The number of nitrogens with zero attached hydrogens (tertiary/aromatic N) is 5. The predicted octanol–water partition coefficient (Wildman–Crippen LogP) is 4.51. The minimum absolute atomic E-state index is 0. The molecule has 2 aliphatic heterocycles. The molecule has 2 aromatic rings. The maximum absolute atomic E-state index is 12.3. The van der Waals surface area contributed by atoms with Crippen molar-refractivity contribution < 1.29 is 31.3 Å². The summed E-state index contributed by atoms with van der Waals surface area (Å²) in [5.74, 6) is 0.0554. The fourth-order valence-electron chi connectivity index (χ4n) is 6.60. The molecule has 0 atom stereocenters. The fourth-order valence-corrected chi connectivity index (χ4v) is 6.60. The Bertz CT molecular complexity index is 1550. The van der Waals surface area contributed by atoms with Gasteiger partial charge in [0, 0.05) is 65.5 Å². The molecule has 258 valence electrons. The van der Waals surface area contributed by atoms with Gasteiger partial charge in [-0.05, 0) is 49.9 Å². The van der Waals surface area contributed by atoms with Crippen LogP contribution in [0.5, 0.6) is 0 Å². The van der Waals surface area contributed by atoms with Crippen LogP contribution in [0.1, 0.15) is 64.5 Å². The number of carbonyl (C=O) groups excluding carboxylic acids is 1. The number of amides is 1. The van der Waals surface area contributed by atoms with Crippen LogP contribution in [-0.4, -0.2) is 69.3 Å². The molecule has 0 aromatic heterocycles. The molecule has 0 unspecified atom stereocenters. The Hall–Kier alpha value is -3.88. The van der Waals surface area contributed by atoms with Crippen molar-refractivity contribution in [1.82, 2.24) is 5.32 Å². The molecule has 0 fully saturated rings. The third-order valence-corrected chi connectivity index (χ3v) is 9.10. The minimum Gasteiger partial charge on any atom is -1.00 e. The SMILES string of the molecule is C[N+]1=C(C=CC=CC=C2N(CCCCCC(=O)NCCOCCOCCN=[N+]=[N-])c3ccccc3C2(C)C)C(C)(C)c2ccccc21.[Cl-].